The normalized spacial score (nSPS) is 9.33. The first-order valence-corrected chi connectivity index (χ1v) is 5.37. The molecule has 18 heavy (non-hydrogen) atoms. The number of nitrogens with one attached hydrogen (secondary N) is 2. The van der Waals surface area contributed by atoms with Crippen LogP contribution in [0.1, 0.15) is 22.3 Å². The molecule has 0 unspecified atom stereocenters. The lowest BCUT2D eigenvalue weighted by atomic mass is 10.1. The first-order valence-electron chi connectivity index (χ1n) is 5.37. The van der Waals surface area contributed by atoms with E-state index < -0.39 is 12.0 Å². The first-order chi connectivity index (χ1) is 8.54. The second-order valence-corrected chi connectivity index (χ2v) is 3.67. The average molecular weight is 246 g/mol. The highest BCUT2D eigenvalue weighted by atomic mass is 16.4. The van der Waals surface area contributed by atoms with E-state index in [-0.39, 0.29) is 5.56 Å². The fourth-order valence-corrected chi connectivity index (χ4v) is 1.30. The lowest BCUT2D eigenvalue weighted by molar-refractivity contribution is 0.0697. The zero-order valence-electron chi connectivity index (χ0n) is 9.99. The summed E-state index contributed by atoms with van der Waals surface area (Å²) >= 11 is 0. The molecule has 0 fully saturated rings. The molecule has 0 aliphatic carbocycles. The summed E-state index contributed by atoms with van der Waals surface area (Å²) in [5.41, 5.74) is 1.37. The SMILES string of the molecule is C#CCCNC(=O)Nc1cc(C(=O)O)ccc1C. The van der Waals surface area contributed by atoms with E-state index in [4.69, 9.17) is 11.5 Å². The van der Waals surface area contributed by atoms with Gasteiger partial charge in [-0.2, -0.15) is 0 Å². The molecule has 0 saturated carbocycles. The highest BCUT2D eigenvalue weighted by molar-refractivity contribution is 5.93. The molecule has 0 saturated heterocycles. The minimum atomic E-state index is -1.04. The maximum atomic E-state index is 11.5. The van der Waals surface area contributed by atoms with Crippen molar-refractivity contribution in [1.29, 1.82) is 0 Å². The van der Waals surface area contributed by atoms with Crippen molar-refractivity contribution in [3.05, 3.63) is 29.3 Å². The van der Waals surface area contributed by atoms with Gasteiger partial charge >= 0.3 is 12.0 Å². The largest absolute Gasteiger partial charge is 0.478 e. The van der Waals surface area contributed by atoms with Crippen molar-refractivity contribution < 1.29 is 14.7 Å². The Labute approximate surface area is 105 Å². The van der Waals surface area contributed by atoms with Crippen LogP contribution in [0.15, 0.2) is 18.2 Å². The van der Waals surface area contributed by atoms with Crippen LogP contribution in [-0.2, 0) is 0 Å². The van der Waals surface area contributed by atoms with Crippen molar-refractivity contribution in [3.8, 4) is 12.3 Å². The van der Waals surface area contributed by atoms with Crippen molar-refractivity contribution in [2.24, 2.45) is 0 Å². The van der Waals surface area contributed by atoms with E-state index in [1.807, 2.05) is 0 Å². The Bertz CT molecular complexity index is 503. The third-order valence-electron chi connectivity index (χ3n) is 2.29. The summed E-state index contributed by atoms with van der Waals surface area (Å²) in [6, 6.07) is 4.13. The van der Waals surface area contributed by atoms with E-state index >= 15 is 0 Å². The minimum Gasteiger partial charge on any atom is -0.478 e. The van der Waals surface area contributed by atoms with Gasteiger partial charge in [-0.3, -0.25) is 0 Å². The van der Waals surface area contributed by atoms with Crippen LogP contribution < -0.4 is 10.6 Å². The van der Waals surface area contributed by atoms with Crippen LogP contribution in [0.2, 0.25) is 0 Å². The number of urea groups is 1. The predicted octanol–water partition coefficient (Wildman–Crippen LogP) is 1.84. The molecule has 1 rings (SSSR count). The quantitative estimate of drug-likeness (QED) is 0.560. The first kappa shape index (κ1) is 13.6. The number of carbonyl (C=O) groups excluding carboxylic acids is 1. The van der Waals surface area contributed by atoms with Gasteiger partial charge in [0.2, 0.25) is 0 Å². The van der Waals surface area contributed by atoms with Crippen LogP contribution in [0.3, 0.4) is 0 Å². The van der Waals surface area contributed by atoms with E-state index in [2.05, 4.69) is 16.6 Å². The van der Waals surface area contributed by atoms with Crippen LogP contribution >= 0.6 is 0 Å². The summed E-state index contributed by atoms with van der Waals surface area (Å²) in [6.45, 7) is 2.16. The summed E-state index contributed by atoms with van der Waals surface area (Å²) in [7, 11) is 0. The molecule has 1 aromatic rings. The van der Waals surface area contributed by atoms with Gasteiger partial charge in [0.15, 0.2) is 0 Å². The Balaban J connectivity index is 2.72. The molecule has 0 spiro atoms. The molecule has 0 radical (unpaired) electrons. The van der Waals surface area contributed by atoms with E-state index in [1.54, 1.807) is 13.0 Å². The molecular formula is C13H14N2O3. The highest BCUT2D eigenvalue weighted by Gasteiger charge is 2.08. The molecule has 0 aromatic heterocycles. The van der Waals surface area contributed by atoms with Gasteiger partial charge in [0.1, 0.15) is 0 Å². The number of carboxylic acid groups (broad SMARTS) is 1. The van der Waals surface area contributed by atoms with Crippen LogP contribution in [-0.4, -0.2) is 23.7 Å². The second kappa shape index (κ2) is 6.30. The van der Waals surface area contributed by atoms with Crippen LogP contribution in [0, 0.1) is 19.3 Å². The number of terminal acetylenes is 1. The molecular weight excluding hydrogens is 232 g/mol. The third kappa shape index (κ3) is 3.83. The number of amides is 2. The summed E-state index contributed by atoms with van der Waals surface area (Å²) in [6.07, 6.45) is 5.50. The Morgan fingerprint density at radius 2 is 2.17 bits per heavy atom. The predicted molar refractivity (Wildman–Crippen MR) is 68.6 cm³/mol. The van der Waals surface area contributed by atoms with Gasteiger partial charge in [0, 0.05) is 18.7 Å². The maximum Gasteiger partial charge on any atom is 0.335 e. The number of hydrogen-bond acceptors (Lipinski definition) is 2. The number of anilines is 1. The third-order valence-corrected chi connectivity index (χ3v) is 2.29. The zero-order valence-corrected chi connectivity index (χ0v) is 9.99. The lowest BCUT2D eigenvalue weighted by Crippen LogP contribution is -2.29. The molecule has 2 amide bonds. The average Bonchev–Trinajstić information content (AvgIpc) is 2.32. The molecule has 0 heterocycles. The van der Waals surface area contributed by atoms with Crippen molar-refractivity contribution in [2.75, 3.05) is 11.9 Å². The fourth-order valence-electron chi connectivity index (χ4n) is 1.30. The van der Waals surface area contributed by atoms with E-state index in [0.717, 1.165) is 5.56 Å². The molecule has 0 aliphatic heterocycles. The zero-order chi connectivity index (χ0) is 13.5. The molecule has 1 aromatic carbocycles. The van der Waals surface area contributed by atoms with Gasteiger partial charge in [0.25, 0.3) is 0 Å². The Morgan fingerprint density at radius 3 is 2.78 bits per heavy atom. The van der Waals surface area contributed by atoms with Gasteiger partial charge in [0.05, 0.1) is 5.56 Å². The molecule has 94 valence electrons. The molecule has 0 bridgehead atoms. The minimum absolute atomic E-state index is 0.125. The standard InChI is InChI=1S/C13H14N2O3/c1-3-4-7-14-13(18)15-11-8-10(12(16)17)6-5-9(11)2/h1,5-6,8H,4,7H2,2H3,(H,16,17)(H2,14,15,18). The Morgan fingerprint density at radius 1 is 1.44 bits per heavy atom. The van der Waals surface area contributed by atoms with Crippen molar-refractivity contribution in [2.45, 2.75) is 13.3 Å². The summed E-state index contributed by atoms with van der Waals surface area (Å²) < 4.78 is 0. The number of aromatic carboxylic acids is 1. The number of hydrogen-bond donors (Lipinski definition) is 3. The molecule has 5 nitrogen and oxygen atoms in total. The lowest BCUT2D eigenvalue weighted by Gasteiger charge is -2.09. The van der Waals surface area contributed by atoms with Gasteiger partial charge in [-0.15, -0.1) is 12.3 Å². The summed E-state index contributed by atoms with van der Waals surface area (Å²) in [4.78, 5) is 22.3. The van der Waals surface area contributed by atoms with Gasteiger partial charge < -0.3 is 15.7 Å². The monoisotopic (exact) mass is 246 g/mol. The van der Waals surface area contributed by atoms with Gasteiger partial charge in [-0.05, 0) is 24.6 Å². The topological polar surface area (TPSA) is 78.4 Å². The fraction of sp³-hybridized carbons (Fsp3) is 0.231. The van der Waals surface area contributed by atoms with Crippen LogP contribution in [0.25, 0.3) is 0 Å². The summed E-state index contributed by atoms with van der Waals surface area (Å²) in [5.74, 6) is 1.37. The van der Waals surface area contributed by atoms with Crippen LogP contribution in [0.4, 0.5) is 10.5 Å². The number of carbonyl (C=O) groups is 2. The van der Waals surface area contributed by atoms with Crippen molar-refractivity contribution >= 4 is 17.7 Å². The maximum absolute atomic E-state index is 11.5. The van der Waals surface area contributed by atoms with Gasteiger partial charge in [-0.25, -0.2) is 9.59 Å². The molecule has 0 aliphatic rings. The van der Waals surface area contributed by atoms with Gasteiger partial charge in [-0.1, -0.05) is 6.07 Å². The number of carboxylic acids is 1. The molecule has 5 heteroatoms. The van der Waals surface area contributed by atoms with E-state index in [0.29, 0.717) is 18.7 Å². The molecule has 0 atom stereocenters. The number of aryl methyl sites for hydroxylation is 1. The summed E-state index contributed by atoms with van der Waals surface area (Å²) in [5, 5.41) is 14.0. The van der Waals surface area contributed by atoms with E-state index in [9.17, 15) is 9.59 Å². The highest BCUT2D eigenvalue weighted by Crippen LogP contribution is 2.16. The number of benzene rings is 1. The van der Waals surface area contributed by atoms with Crippen molar-refractivity contribution in [1.82, 2.24) is 5.32 Å². The Kier molecular flexibility index (Phi) is 4.76. The Hall–Kier alpha value is -2.48. The second-order valence-electron chi connectivity index (χ2n) is 3.67. The molecule has 3 N–H and O–H groups in total. The van der Waals surface area contributed by atoms with E-state index in [1.165, 1.54) is 12.1 Å². The van der Waals surface area contributed by atoms with Crippen LogP contribution in [0.5, 0.6) is 0 Å². The van der Waals surface area contributed by atoms with Crippen molar-refractivity contribution in [3.63, 3.8) is 0 Å². The smallest absolute Gasteiger partial charge is 0.335 e. The number of rotatable bonds is 4.